The summed E-state index contributed by atoms with van der Waals surface area (Å²) in [7, 11) is 0. The second-order valence-electron chi connectivity index (χ2n) is 6.06. The molecule has 0 bridgehead atoms. The molecule has 1 aliphatic carbocycles. The minimum Gasteiger partial charge on any atom is -0.372 e. The predicted molar refractivity (Wildman–Crippen MR) is 85.2 cm³/mol. The number of benzene rings is 1. The van der Waals surface area contributed by atoms with Crippen molar-refractivity contribution in [1.82, 2.24) is 15.0 Å². The fourth-order valence-electron chi connectivity index (χ4n) is 2.86. The van der Waals surface area contributed by atoms with Gasteiger partial charge in [-0.3, -0.25) is 4.68 Å². The van der Waals surface area contributed by atoms with E-state index in [-0.39, 0.29) is 0 Å². The SMILES string of the molecule is NC1CCC(OCc2cn(CCc3ccccc3)nn2)CC1. The highest BCUT2D eigenvalue weighted by Crippen LogP contribution is 2.20. The van der Waals surface area contributed by atoms with Gasteiger partial charge in [0.15, 0.2) is 0 Å². The highest BCUT2D eigenvalue weighted by Gasteiger charge is 2.19. The zero-order valence-corrected chi connectivity index (χ0v) is 12.9. The van der Waals surface area contributed by atoms with Gasteiger partial charge in [-0.2, -0.15) is 0 Å². The number of aromatic nitrogens is 3. The van der Waals surface area contributed by atoms with Crippen molar-refractivity contribution in [1.29, 1.82) is 0 Å². The molecule has 0 spiro atoms. The molecule has 2 aromatic rings. The van der Waals surface area contributed by atoms with E-state index in [1.54, 1.807) is 0 Å². The van der Waals surface area contributed by atoms with Gasteiger partial charge in [-0.15, -0.1) is 5.10 Å². The predicted octanol–water partition coefficient (Wildman–Crippen LogP) is 2.31. The van der Waals surface area contributed by atoms with Gasteiger partial charge in [0.05, 0.1) is 18.9 Å². The van der Waals surface area contributed by atoms with Crippen LogP contribution in [0.4, 0.5) is 0 Å². The van der Waals surface area contributed by atoms with E-state index in [1.807, 2.05) is 16.9 Å². The second kappa shape index (κ2) is 7.51. The summed E-state index contributed by atoms with van der Waals surface area (Å²) in [6.45, 7) is 1.39. The van der Waals surface area contributed by atoms with Crippen molar-refractivity contribution >= 4 is 0 Å². The van der Waals surface area contributed by atoms with Crippen LogP contribution in [0.5, 0.6) is 0 Å². The van der Waals surface area contributed by atoms with Gasteiger partial charge in [0, 0.05) is 12.6 Å². The number of hydrogen-bond acceptors (Lipinski definition) is 4. The van der Waals surface area contributed by atoms with Crippen LogP contribution in [0.15, 0.2) is 36.5 Å². The molecule has 1 saturated carbocycles. The summed E-state index contributed by atoms with van der Waals surface area (Å²) >= 11 is 0. The first kappa shape index (κ1) is 15.2. The fraction of sp³-hybridized carbons (Fsp3) is 0.529. The van der Waals surface area contributed by atoms with Crippen LogP contribution >= 0.6 is 0 Å². The van der Waals surface area contributed by atoms with Crippen molar-refractivity contribution in [3.63, 3.8) is 0 Å². The quantitative estimate of drug-likeness (QED) is 0.889. The van der Waals surface area contributed by atoms with Gasteiger partial charge in [0.1, 0.15) is 5.69 Å². The van der Waals surface area contributed by atoms with Crippen molar-refractivity contribution in [3.05, 3.63) is 47.8 Å². The molecule has 0 saturated heterocycles. The Bertz CT molecular complexity index is 561. The Kier molecular flexibility index (Phi) is 5.19. The van der Waals surface area contributed by atoms with E-state index in [9.17, 15) is 0 Å². The standard InChI is InChI=1S/C17H24N4O/c18-15-6-8-17(9-7-15)22-13-16-12-21(20-19-16)11-10-14-4-2-1-3-5-14/h1-5,12,15,17H,6-11,13,18H2. The third-order valence-electron chi connectivity index (χ3n) is 4.24. The van der Waals surface area contributed by atoms with Crippen molar-refractivity contribution in [2.24, 2.45) is 5.73 Å². The van der Waals surface area contributed by atoms with E-state index in [4.69, 9.17) is 10.5 Å². The Morgan fingerprint density at radius 2 is 1.91 bits per heavy atom. The van der Waals surface area contributed by atoms with E-state index in [0.29, 0.717) is 18.8 Å². The Morgan fingerprint density at radius 1 is 1.14 bits per heavy atom. The van der Waals surface area contributed by atoms with E-state index < -0.39 is 0 Å². The van der Waals surface area contributed by atoms with Gasteiger partial charge in [0.25, 0.3) is 0 Å². The summed E-state index contributed by atoms with van der Waals surface area (Å²) in [4.78, 5) is 0. The molecule has 0 atom stereocenters. The third-order valence-corrected chi connectivity index (χ3v) is 4.24. The van der Waals surface area contributed by atoms with Gasteiger partial charge in [-0.05, 0) is 37.7 Å². The topological polar surface area (TPSA) is 66.0 Å². The van der Waals surface area contributed by atoms with E-state index in [1.165, 1.54) is 5.56 Å². The van der Waals surface area contributed by atoms with Gasteiger partial charge < -0.3 is 10.5 Å². The highest BCUT2D eigenvalue weighted by molar-refractivity contribution is 5.14. The van der Waals surface area contributed by atoms with Crippen molar-refractivity contribution in [2.45, 2.75) is 57.4 Å². The van der Waals surface area contributed by atoms with Gasteiger partial charge >= 0.3 is 0 Å². The molecule has 0 unspecified atom stereocenters. The molecule has 2 N–H and O–H groups in total. The van der Waals surface area contributed by atoms with Crippen molar-refractivity contribution in [2.75, 3.05) is 0 Å². The molecular weight excluding hydrogens is 276 g/mol. The normalized spacial score (nSPS) is 21.9. The summed E-state index contributed by atoms with van der Waals surface area (Å²) in [5.74, 6) is 0. The Balaban J connectivity index is 1.43. The molecule has 3 rings (SSSR count). The van der Waals surface area contributed by atoms with E-state index in [2.05, 4.69) is 34.6 Å². The lowest BCUT2D eigenvalue weighted by Crippen LogP contribution is -2.30. The van der Waals surface area contributed by atoms with Crippen LogP contribution in [0.25, 0.3) is 0 Å². The lowest BCUT2D eigenvalue weighted by atomic mass is 9.94. The van der Waals surface area contributed by atoms with Crippen molar-refractivity contribution < 1.29 is 4.74 Å². The van der Waals surface area contributed by atoms with Crippen LogP contribution < -0.4 is 5.73 Å². The molecule has 5 heteroatoms. The summed E-state index contributed by atoms with van der Waals surface area (Å²) in [5, 5.41) is 8.36. The molecule has 1 fully saturated rings. The third kappa shape index (κ3) is 4.39. The maximum atomic E-state index is 5.92. The van der Waals surface area contributed by atoms with E-state index >= 15 is 0 Å². The molecule has 0 aliphatic heterocycles. The minimum absolute atomic E-state index is 0.328. The van der Waals surface area contributed by atoms with E-state index in [0.717, 1.165) is 44.3 Å². The monoisotopic (exact) mass is 300 g/mol. The number of ether oxygens (including phenoxy) is 1. The smallest absolute Gasteiger partial charge is 0.108 e. The number of hydrogen-bond donors (Lipinski definition) is 1. The molecule has 0 radical (unpaired) electrons. The lowest BCUT2D eigenvalue weighted by Gasteiger charge is -2.25. The molecule has 118 valence electrons. The zero-order valence-electron chi connectivity index (χ0n) is 12.9. The first-order valence-corrected chi connectivity index (χ1v) is 8.10. The average Bonchev–Trinajstić information content (AvgIpc) is 3.01. The number of rotatable bonds is 6. The largest absolute Gasteiger partial charge is 0.372 e. The van der Waals surface area contributed by atoms with Gasteiger partial charge in [-0.25, -0.2) is 0 Å². The van der Waals surface area contributed by atoms with Crippen LogP contribution in [0.3, 0.4) is 0 Å². The van der Waals surface area contributed by atoms with Crippen LogP contribution in [-0.2, 0) is 24.3 Å². The maximum Gasteiger partial charge on any atom is 0.108 e. The molecule has 1 aliphatic rings. The van der Waals surface area contributed by atoms with Crippen LogP contribution in [0.2, 0.25) is 0 Å². The highest BCUT2D eigenvalue weighted by atomic mass is 16.5. The second-order valence-corrected chi connectivity index (χ2v) is 6.06. The summed E-state index contributed by atoms with van der Waals surface area (Å²) in [6, 6.07) is 10.8. The lowest BCUT2D eigenvalue weighted by molar-refractivity contribution is 0.0122. The summed E-state index contributed by atoms with van der Waals surface area (Å²) < 4.78 is 7.81. The Labute approximate surface area is 131 Å². The summed E-state index contributed by atoms with van der Waals surface area (Å²) in [5.41, 5.74) is 8.13. The summed E-state index contributed by atoms with van der Waals surface area (Å²) in [6.07, 6.45) is 7.52. The minimum atomic E-state index is 0.328. The fourth-order valence-corrected chi connectivity index (χ4v) is 2.86. The zero-order chi connectivity index (χ0) is 15.2. The van der Waals surface area contributed by atoms with Crippen LogP contribution in [-0.4, -0.2) is 27.1 Å². The van der Waals surface area contributed by atoms with Crippen LogP contribution in [0, 0.1) is 0 Å². The van der Waals surface area contributed by atoms with Gasteiger partial charge in [0.2, 0.25) is 0 Å². The molecule has 22 heavy (non-hydrogen) atoms. The first-order valence-electron chi connectivity index (χ1n) is 8.10. The molecule has 0 amide bonds. The number of nitrogens with zero attached hydrogens (tertiary/aromatic N) is 3. The number of aryl methyl sites for hydroxylation is 2. The first-order chi connectivity index (χ1) is 10.8. The average molecular weight is 300 g/mol. The Hall–Kier alpha value is -1.72. The molecule has 1 heterocycles. The molecule has 1 aromatic heterocycles. The molecule has 5 nitrogen and oxygen atoms in total. The van der Waals surface area contributed by atoms with Crippen LogP contribution in [0.1, 0.15) is 36.9 Å². The maximum absolute atomic E-state index is 5.92. The van der Waals surface area contributed by atoms with Crippen molar-refractivity contribution in [3.8, 4) is 0 Å². The molecular formula is C17H24N4O. The number of nitrogens with two attached hydrogens (primary N) is 1. The Morgan fingerprint density at radius 3 is 2.68 bits per heavy atom. The van der Waals surface area contributed by atoms with Gasteiger partial charge in [-0.1, -0.05) is 35.5 Å². The molecule has 1 aromatic carbocycles.